The number of ether oxygens (including phenoxy) is 2. The van der Waals surface area contributed by atoms with Crippen molar-refractivity contribution in [1.29, 1.82) is 0 Å². The lowest BCUT2D eigenvalue weighted by Crippen LogP contribution is -2.28. The molecule has 0 aliphatic carbocycles. The van der Waals surface area contributed by atoms with E-state index in [4.69, 9.17) is 19.7 Å². The summed E-state index contributed by atoms with van der Waals surface area (Å²) in [4.78, 5) is 0. The summed E-state index contributed by atoms with van der Waals surface area (Å²) in [5.74, 6) is 0.207. The van der Waals surface area contributed by atoms with E-state index in [2.05, 4.69) is 0 Å². The van der Waals surface area contributed by atoms with E-state index in [0.717, 1.165) is 0 Å². The molecule has 4 heteroatoms. The predicted molar refractivity (Wildman–Crippen MR) is 40.6 cm³/mol. The van der Waals surface area contributed by atoms with Crippen LogP contribution in [0.4, 0.5) is 0 Å². The Morgan fingerprint density at radius 2 is 1.33 bits per heavy atom. The summed E-state index contributed by atoms with van der Waals surface area (Å²) in [6.07, 6.45) is 0.0132. The first-order chi connectivity index (χ1) is 5.86. The lowest BCUT2D eigenvalue weighted by atomic mass is 9.97. The molecular formula is C8H14O4. The van der Waals surface area contributed by atoms with E-state index in [1.807, 2.05) is 0 Å². The molecule has 4 nitrogen and oxygen atoms in total. The molecule has 2 aliphatic heterocycles. The van der Waals surface area contributed by atoms with Gasteiger partial charge < -0.3 is 19.7 Å². The molecule has 2 fully saturated rings. The van der Waals surface area contributed by atoms with Crippen LogP contribution in [0.15, 0.2) is 0 Å². The van der Waals surface area contributed by atoms with Gasteiger partial charge in [0, 0.05) is 11.8 Å². The van der Waals surface area contributed by atoms with Gasteiger partial charge in [-0.1, -0.05) is 0 Å². The first kappa shape index (κ1) is 8.44. The van der Waals surface area contributed by atoms with Crippen LogP contribution in [0.25, 0.3) is 0 Å². The zero-order valence-corrected chi connectivity index (χ0v) is 6.85. The van der Waals surface area contributed by atoms with Gasteiger partial charge in [0.05, 0.1) is 38.6 Å². The molecule has 0 saturated carbocycles. The van der Waals surface area contributed by atoms with Crippen LogP contribution >= 0.6 is 0 Å². The maximum atomic E-state index is 8.95. The fourth-order valence-corrected chi connectivity index (χ4v) is 1.97. The van der Waals surface area contributed by atoms with Crippen LogP contribution in [0.2, 0.25) is 0 Å². The highest BCUT2D eigenvalue weighted by molar-refractivity contribution is 4.93. The molecule has 2 unspecified atom stereocenters. The first-order valence-corrected chi connectivity index (χ1v) is 4.31. The van der Waals surface area contributed by atoms with Crippen LogP contribution in [-0.2, 0) is 9.47 Å². The standard InChI is InChI=1S/C8H14O4/c9-1-5-3-11-8-6(2-10)4-12-7(5)8/h5-10H,1-4H2/t5?,6?,7-,8-/m1/s1. The van der Waals surface area contributed by atoms with Gasteiger partial charge in [-0.2, -0.15) is 0 Å². The van der Waals surface area contributed by atoms with Gasteiger partial charge in [0.15, 0.2) is 0 Å². The molecule has 0 aromatic rings. The average Bonchev–Trinajstić information content (AvgIpc) is 2.62. The summed E-state index contributed by atoms with van der Waals surface area (Å²) < 4.78 is 10.9. The molecule has 0 aromatic heterocycles. The molecule has 70 valence electrons. The molecule has 0 amide bonds. The van der Waals surface area contributed by atoms with Gasteiger partial charge in [0.25, 0.3) is 0 Å². The monoisotopic (exact) mass is 174 g/mol. The van der Waals surface area contributed by atoms with Gasteiger partial charge in [-0.15, -0.1) is 0 Å². The Morgan fingerprint density at radius 3 is 1.67 bits per heavy atom. The molecule has 4 atom stereocenters. The fraction of sp³-hybridized carbons (Fsp3) is 1.00. The van der Waals surface area contributed by atoms with Crippen LogP contribution in [0.1, 0.15) is 0 Å². The SMILES string of the molecule is OCC1CO[C@@H]2C(CO)CO[C@H]12. The minimum absolute atomic E-state index is 0.00662. The highest BCUT2D eigenvalue weighted by Crippen LogP contribution is 2.33. The molecule has 2 aliphatic rings. The van der Waals surface area contributed by atoms with Gasteiger partial charge in [-0.3, -0.25) is 0 Å². The van der Waals surface area contributed by atoms with Crippen molar-refractivity contribution in [2.24, 2.45) is 11.8 Å². The summed E-state index contributed by atoms with van der Waals surface area (Å²) in [6.45, 7) is 1.34. The second-order valence-corrected chi connectivity index (χ2v) is 3.48. The topological polar surface area (TPSA) is 58.9 Å². The van der Waals surface area contributed by atoms with Gasteiger partial charge in [-0.05, 0) is 0 Å². The van der Waals surface area contributed by atoms with Crippen LogP contribution in [0.3, 0.4) is 0 Å². The Balaban J connectivity index is 2.01. The third kappa shape index (κ3) is 1.15. The number of hydrogen-bond acceptors (Lipinski definition) is 4. The van der Waals surface area contributed by atoms with E-state index in [-0.39, 0.29) is 37.3 Å². The third-order valence-electron chi connectivity index (χ3n) is 2.73. The van der Waals surface area contributed by atoms with E-state index in [1.165, 1.54) is 0 Å². The Kier molecular flexibility index (Phi) is 2.32. The number of hydrogen-bond donors (Lipinski definition) is 2. The van der Waals surface area contributed by atoms with Crippen LogP contribution in [0.5, 0.6) is 0 Å². The summed E-state index contributed by atoms with van der Waals surface area (Å²) in [5, 5.41) is 17.9. The summed E-state index contributed by atoms with van der Waals surface area (Å²) in [5.41, 5.74) is 0. The fourth-order valence-electron chi connectivity index (χ4n) is 1.97. The molecule has 2 saturated heterocycles. The van der Waals surface area contributed by atoms with Crippen LogP contribution in [0, 0.1) is 11.8 Å². The van der Waals surface area contributed by atoms with Crippen molar-refractivity contribution in [3.63, 3.8) is 0 Å². The van der Waals surface area contributed by atoms with Crippen molar-refractivity contribution in [3.05, 3.63) is 0 Å². The molecular weight excluding hydrogens is 160 g/mol. The molecule has 12 heavy (non-hydrogen) atoms. The van der Waals surface area contributed by atoms with Crippen molar-refractivity contribution in [3.8, 4) is 0 Å². The molecule has 2 N–H and O–H groups in total. The first-order valence-electron chi connectivity index (χ1n) is 4.31. The summed E-state index contributed by atoms with van der Waals surface area (Å²) >= 11 is 0. The van der Waals surface area contributed by atoms with E-state index in [0.29, 0.717) is 13.2 Å². The maximum absolute atomic E-state index is 8.95. The Labute approximate surface area is 71.1 Å². The Bertz CT molecular complexity index is 143. The number of aliphatic hydroxyl groups is 2. The molecule has 2 rings (SSSR count). The zero-order valence-electron chi connectivity index (χ0n) is 6.85. The van der Waals surface area contributed by atoms with Crippen molar-refractivity contribution in [1.82, 2.24) is 0 Å². The molecule has 2 heterocycles. The van der Waals surface area contributed by atoms with Gasteiger partial charge >= 0.3 is 0 Å². The number of fused-ring (bicyclic) bond motifs is 1. The molecule has 0 aromatic carbocycles. The van der Waals surface area contributed by atoms with Gasteiger partial charge in [0.1, 0.15) is 0 Å². The third-order valence-corrected chi connectivity index (χ3v) is 2.73. The van der Waals surface area contributed by atoms with Gasteiger partial charge in [-0.25, -0.2) is 0 Å². The highest BCUT2D eigenvalue weighted by Gasteiger charge is 2.46. The average molecular weight is 174 g/mol. The lowest BCUT2D eigenvalue weighted by molar-refractivity contribution is 0.0489. The van der Waals surface area contributed by atoms with Crippen molar-refractivity contribution >= 4 is 0 Å². The molecule has 0 radical (unpaired) electrons. The van der Waals surface area contributed by atoms with Crippen molar-refractivity contribution in [2.45, 2.75) is 12.2 Å². The smallest absolute Gasteiger partial charge is 0.0913 e. The van der Waals surface area contributed by atoms with E-state index < -0.39 is 0 Å². The van der Waals surface area contributed by atoms with Crippen molar-refractivity contribution in [2.75, 3.05) is 26.4 Å². The quantitative estimate of drug-likeness (QED) is 0.564. The van der Waals surface area contributed by atoms with E-state index in [9.17, 15) is 0 Å². The molecule has 0 spiro atoms. The Morgan fingerprint density at radius 1 is 0.917 bits per heavy atom. The minimum Gasteiger partial charge on any atom is -0.396 e. The van der Waals surface area contributed by atoms with Crippen molar-refractivity contribution < 1.29 is 19.7 Å². The highest BCUT2D eigenvalue weighted by atomic mass is 16.6. The lowest BCUT2D eigenvalue weighted by Gasteiger charge is -2.13. The van der Waals surface area contributed by atoms with Crippen LogP contribution in [-0.4, -0.2) is 48.8 Å². The zero-order chi connectivity index (χ0) is 8.55. The van der Waals surface area contributed by atoms with Gasteiger partial charge in [0.2, 0.25) is 0 Å². The summed E-state index contributed by atoms with van der Waals surface area (Å²) in [7, 11) is 0. The van der Waals surface area contributed by atoms with E-state index >= 15 is 0 Å². The molecule has 0 bridgehead atoms. The second-order valence-electron chi connectivity index (χ2n) is 3.48. The van der Waals surface area contributed by atoms with E-state index in [1.54, 1.807) is 0 Å². The largest absolute Gasteiger partial charge is 0.396 e. The number of rotatable bonds is 2. The maximum Gasteiger partial charge on any atom is 0.0913 e. The predicted octanol–water partition coefficient (Wildman–Crippen LogP) is -0.999. The second kappa shape index (κ2) is 3.30. The normalized spacial score (nSPS) is 46.5. The Hall–Kier alpha value is -0.160. The van der Waals surface area contributed by atoms with Crippen LogP contribution < -0.4 is 0 Å². The minimum atomic E-state index is 0.00662. The summed E-state index contributed by atoms with van der Waals surface area (Å²) in [6, 6.07) is 0. The number of aliphatic hydroxyl groups excluding tert-OH is 2.